The van der Waals surface area contributed by atoms with E-state index in [1.165, 1.54) is 0 Å². The van der Waals surface area contributed by atoms with Gasteiger partial charge in [-0.2, -0.15) is 5.10 Å². The summed E-state index contributed by atoms with van der Waals surface area (Å²) in [6.45, 7) is 1.56. The number of nitrogens with zero attached hydrogens (tertiary/aromatic N) is 3. The highest BCUT2D eigenvalue weighted by Gasteiger charge is 2.31. The van der Waals surface area contributed by atoms with Crippen LogP contribution >= 0.6 is 15.9 Å². The van der Waals surface area contributed by atoms with Gasteiger partial charge in [-0.15, -0.1) is 0 Å². The minimum absolute atomic E-state index is 0.00315. The summed E-state index contributed by atoms with van der Waals surface area (Å²) in [6, 6.07) is -0.00315. The van der Waals surface area contributed by atoms with Crippen molar-refractivity contribution in [2.75, 3.05) is 20.6 Å². The highest BCUT2D eigenvalue weighted by Crippen LogP contribution is 2.33. The van der Waals surface area contributed by atoms with Crippen molar-refractivity contribution in [3.05, 3.63) is 16.4 Å². The van der Waals surface area contributed by atoms with Gasteiger partial charge in [-0.1, -0.05) is 0 Å². The zero-order valence-electron chi connectivity index (χ0n) is 11.5. The van der Waals surface area contributed by atoms with Gasteiger partial charge in [0, 0.05) is 19.0 Å². The van der Waals surface area contributed by atoms with Gasteiger partial charge in [0.15, 0.2) is 5.78 Å². The van der Waals surface area contributed by atoms with Crippen LogP contribution in [0.5, 0.6) is 0 Å². The van der Waals surface area contributed by atoms with Crippen molar-refractivity contribution in [3.8, 4) is 0 Å². The van der Waals surface area contributed by atoms with Crippen molar-refractivity contribution in [3.63, 3.8) is 0 Å². The molecule has 6 heteroatoms. The van der Waals surface area contributed by atoms with Crippen LogP contribution in [0.3, 0.4) is 0 Å². The molecular weight excluding hydrogens is 308 g/mol. The Morgan fingerprint density at radius 3 is 2.89 bits per heavy atom. The summed E-state index contributed by atoms with van der Waals surface area (Å²) in [5.41, 5.74) is 6.69. The van der Waals surface area contributed by atoms with Gasteiger partial charge in [-0.25, -0.2) is 0 Å². The van der Waals surface area contributed by atoms with Crippen LogP contribution in [0.25, 0.3) is 0 Å². The Hall–Kier alpha value is -0.720. The van der Waals surface area contributed by atoms with E-state index in [9.17, 15) is 4.79 Å². The van der Waals surface area contributed by atoms with E-state index in [-0.39, 0.29) is 11.8 Å². The van der Waals surface area contributed by atoms with Gasteiger partial charge in [-0.05, 0) is 48.8 Å². The first-order valence-corrected chi connectivity index (χ1v) is 7.43. The smallest absolute Gasteiger partial charge is 0.183 e. The zero-order valence-corrected chi connectivity index (χ0v) is 13.1. The molecule has 1 aliphatic rings. The van der Waals surface area contributed by atoms with E-state index >= 15 is 0 Å². The fourth-order valence-corrected chi connectivity index (χ4v) is 2.62. The Kier molecular flexibility index (Phi) is 4.76. The molecule has 0 aliphatic heterocycles. The van der Waals surface area contributed by atoms with Crippen molar-refractivity contribution in [2.45, 2.75) is 31.8 Å². The molecule has 19 heavy (non-hydrogen) atoms. The highest BCUT2D eigenvalue weighted by molar-refractivity contribution is 9.10. The average molecular weight is 329 g/mol. The van der Waals surface area contributed by atoms with E-state index in [1.54, 1.807) is 10.9 Å². The standard InChI is InChI=1S/C13H21BrN4O/c1-17(2)5-6-18-13(10(14)8-16-18)12(19)7-11(15)9-3-4-9/h8-9,11H,3-7,15H2,1-2H3. The fourth-order valence-electron chi connectivity index (χ4n) is 2.11. The maximum atomic E-state index is 12.4. The molecule has 0 bridgehead atoms. The second-order valence-corrected chi connectivity index (χ2v) is 6.35. The lowest BCUT2D eigenvalue weighted by molar-refractivity contribution is 0.0959. The van der Waals surface area contributed by atoms with Crippen LogP contribution < -0.4 is 5.73 Å². The maximum Gasteiger partial charge on any atom is 0.183 e. The second-order valence-electron chi connectivity index (χ2n) is 5.50. The van der Waals surface area contributed by atoms with Gasteiger partial charge in [0.1, 0.15) is 5.69 Å². The zero-order chi connectivity index (χ0) is 14.0. The number of carbonyl (C=O) groups excluding carboxylic acids is 1. The summed E-state index contributed by atoms with van der Waals surface area (Å²) < 4.78 is 2.53. The molecule has 1 aromatic heterocycles. The molecule has 2 rings (SSSR count). The molecule has 106 valence electrons. The molecule has 0 saturated heterocycles. The number of carbonyl (C=O) groups is 1. The molecule has 0 radical (unpaired) electrons. The minimum atomic E-state index is -0.00315. The third-order valence-electron chi connectivity index (χ3n) is 3.47. The Labute approximate surface area is 122 Å². The number of hydrogen-bond donors (Lipinski definition) is 1. The second kappa shape index (κ2) is 6.15. The SMILES string of the molecule is CN(C)CCn1ncc(Br)c1C(=O)CC(N)C1CC1. The minimum Gasteiger partial charge on any atom is -0.327 e. The van der Waals surface area contributed by atoms with Crippen molar-refractivity contribution in [1.29, 1.82) is 0 Å². The summed E-state index contributed by atoms with van der Waals surface area (Å²) in [7, 11) is 4.01. The summed E-state index contributed by atoms with van der Waals surface area (Å²) in [5.74, 6) is 0.628. The largest absolute Gasteiger partial charge is 0.327 e. The molecular formula is C13H21BrN4O. The molecule has 5 nitrogen and oxygen atoms in total. The van der Waals surface area contributed by atoms with Gasteiger partial charge >= 0.3 is 0 Å². The van der Waals surface area contributed by atoms with Crippen molar-refractivity contribution < 1.29 is 4.79 Å². The van der Waals surface area contributed by atoms with Crippen LogP contribution in [0, 0.1) is 5.92 Å². The summed E-state index contributed by atoms with van der Waals surface area (Å²) in [4.78, 5) is 14.4. The molecule has 2 N–H and O–H groups in total. The van der Waals surface area contributed by atoms with Crippen LogP contribution in [-0.4, -0.2) is 47.1 Å². The molecule has 1 aliphatic carbocycles. The van der Waals surface area contributed by atoms with Crippen LogP contribution in [0.4, 0.5) is 0 Å². The summed E-state index contributed by atoms with van der Waals surface area (Å²) in [5, 5.41) is 4.26. The third kappa shape index (κ3) is 3.87. The number of aromatic nitrogens is 2. The van der Waals surface area contributed by atoms with Crippen LogP contribution in [-0.2, 0) is 6.54 Å². The van der Waals surface area contributed by atoms with Gasteiger partial charge < -0.3 is 10.6 Å². The van der Waals surface area contributed by atoms with E-state index in [4.69, 9.17) is 5.73 Å². The maximum absolute atomic E-state index is 12.4. The lowest BCUT2D eigenvalue weighted by Crippen LogP contribution is -2.28. The van der Waals surface area contributed by atoms with E-state index in [2.05, 4.69) is 25.9 Å². The number of Topliss-reactive ketones (excluding diaryl/α,β-unsaturated/α-hetero) is 1. The van der Waals surface area contributed by atoms with Crippen LogP contribution in [0.1, 0.15) is 29.8 Å². The molecule has 1 atom stereocenters. The van der Waals surface area contributed by atoms with Gasteiger partial charge in [0.05, 0.1) is 17.2 Å². The first kappa shape index (κ1) is 14.7. The predicted octanol–water partition coefficient (Wildman–Crippen LogP) is 1.52. The van der Waals surface area contributed by atoms with Crippen LogP contribution in [0.2, 0.25) is 0 Å². The lowest BCUT2D eigenvalue weighted by atomic mass is 10.1. The topological polar surface area (TPSA) is 64.2 Å². The van der Waals surface area contributed by atoms with Crippen molar-refractivity contribution >= 4 is 21.7 Å². The summed E-state index contributed by atoms with van der Waals surface area (Å²) in [6.07, 6.45) is 4.42. The molecule has 1 fully saturated rings. The number of ketones is 1. The molecule has 0 aromatic carbocycles. The Morgan fingerprint density at radius 1 is 1.63 bits per heavy atom. The number of rotatable bonds is 7. The highest BCUT2D eigenvalue weighted by atomic mass is 79.9. The summed E-state index contributed by atoms with van der Waals surface area (Å²) >= 11 is 3.41. The van der Waals surface area contributed by atoms with E-state index in [1.807, 2.05) is 14.1 Å². The Morgan fingerprint density at radius 2 is 2.32 bits per heavy atom. The first-order chi connectivity index (χ1) is 8.99. The Bertz CT molecular complexity index is 453. The van der Waals surface area contributed by atoms with E-state index in [0.717, 1.165) is 23.9 Å². The van der Waals surface area contributed by atoms with Crippen molar-refractivity contribution in [1.82, 2.24) is 14.7 Å². The van der Waals surface area contributed by atoms with Crippen molar-refractivity contribution in [2.24, 2.45) is 11.7 Å². The number of halogens is 1. The number of nitrogens with two attached hydrogens (primary N) is 1. The molecule has 1 unspecified atom stereocenters. The molecule has 1 aromatic rings. The van der Waals surface area contributed by atoms with Gasteiger partial charge in [0.2, 0.25) is 0 Å². The van der Waals surface area contributed by atoms with Gasteiger partial charge in [-0.3, -0.25) is 9.48 Å². The fraction of sp³-hybridized carbons (Fsp3) is 0.692. The Balaban J connectivity index is 2.04. The predicted molar refractivity (Wildman–Crippen MR) is 78.1 cm³/mol. The third-order valence-corrected chi connectivity index (χ3v) is 4.05. The quantitative estimate of drug-likeness (QED) is 0.771. The molecule has 0 amide bonds. The molecule has 1 heterocycles. The monoisotopic (exact) mass is 328 g/mol. The van der Waals surface area contributed by atoms with Crippen LogP contribution in [0.15, 0.2) is 10.7 Å². The number of hydrogen-bond acceptors (Lipinski definition) is 4. The normalized spacial score (nSPS) is 16.9. The first-order valence-electron chi connectivity index (χ1n) is 6.64. The number of likely N-dealkylation sites (N-methyl/N-ethyl adjacent to an activating group) is 1. The average Bonchev–Trinajstić information content (AvgIpc) is 3.11. The van der Waals surface area contributed by atoms with Gasteiger partial charge in [0.25, 0.3) is 0 Å². The van der Waals surface area contributed by atoms with E-state index in [0.29, 0.717) is 24.6 Å². The molecule has 1 saturated carbocycles. The van der Waals surface area contributed by atoms with E-state index < -0.39 is 0 Å². The lowest BCUT2D eigenvalue weighted by Gasteiger charge is -2.13. The molecule has 0 spiro atoms.